The molecule has 9 heteroatoms. The minimum Gasteiger partial charge on any atom is -0.477 e. The minimum atomic E-state index is -0.931. The molecule has 0 unspecified atom stereocenters. The quantitative estimate of drug-likeness (QED) is 0.593. The van der Waals surface area contributed by atoms with Gasteiger partial charge in [0, 0.05) is 43.8 Å². The molecule has 0 atom stereocenters. The smallest absolute Gasteiger partial charge is 0.352 e. The summed E-state index contributed by atoms with van der Waals surface area (Å²) in [7, 11) is 0. The van der Waals surface area contributed by atoms with Gasteiger partial charge in [-0.2, -0.15) is 4.98 Å². The summed E-state index contributed by atoms with van der Waals surface area (Å²) < 4.78 is 1.87. The van der Waals surface area contributed by atoms with Crippen molar-refractivity contribution in [3.05, 3.63) is 36.3 Å². The lowest BCUT2D eigenvalue weighted by Gasteiger charge is -2.29. The molecular formula is C21H25N7O2. The molecule has 3 aromatic rings. The fourth-order valence-electron chi connectivity index (χ4n) is 4.45. The van der Waals surface area contributed by atoms with Crippen molar-refractivity contribution in [3.8, 4) is 0 Å². The molecule has 1 saturated heterocycles. The van der Waals surface area contributed by atoms with Crippen molar-refractivity contribution in [3.63, 3.8) is 0 Å². The maximum atomic E-state index is 11.8. The minimum absolute atomic E-state index is 0.174. The zero-order valence-corrected chi connectivity index (χ0v) is 16.7. The topological polar surface area (TPSA) is 108 Å². The number of pyridine rings is 1. The lowest BCUT2D eigenvalue weighted by molar-refractivity contribution is 0.0683. The van der Waals surface area contributed by atoms with E-state index in [1.807, 2.05) is 22.9 Å². The van der Waals surface area contributed by atoms with Crippen LogP contribution in [-0.2, 0) is 0 Å². The van der Waals surface area contributed by atoms with E-state index in [1.54, 1.807) is 12.3 Å². The molecule has 5 rings (SSSR count). The third kappa shape index (κ3) is 3.56. The molecule has 0 spiro atoms. The van der Waals surface area contributed by atoms with E-state index in [-0.39, 0.29) is 11.7 Å². The highest BCUT2D eigenvalue weighted by Gasteiger charge is 2.25. The molecule has 3 aromatic heterocycles. The zero-order chi connectivity index (χ0) is 20.5. The van der Waals surface area contributed by atoms with E-state index in [9.17, 15) is 9.90 Å². The molecule has 1 aliphatic heterocycles. The van der Waals surface area contributed by atoms with Gasteiger partial charge < -0.3 is 25.2 Å². The van der Waals surface area contributed by atoms with Crippen molar-refractivity contribution in [1.82, 2.24) is 24.8 Å². The Morgan fingerprint density at radius 3 is 2.63 bits per heavy atom. The highest BCUT2D eigenvalue weighted by Crippen LogP contribution is 2.34. The van der Waals surface area contributed by atoms with Gasteiger partial charge in [-0.25, -0.2) is 14.8 Å². The van der Waals surface area contributed by atoms with Crippen LogP contribution in [0.15, 0.2) is 30.6 Å². The average Bonchev–Trinajstić information content (AvgIpc) is 3.42. The number of fused-ring (bicyclic) bond motifs is 1. The van der Waals surface area contributed by atoms with Crippen LogP contribution >= 0.6 is 0 Å². The molecule has 1 saturated carbocycles. The number of carboxylic acids is 1. The van der Waals surface area contributed by atoms with Crippen LogP contribution in [-0.4, -0.2) is 56.8 Å². The van der Waals surface area contributed by atoms with Gasteiger partial charge in [0.15, 0.2) is 0 Å². The molecule has 156 valence electrons. The van der Waals surface area contributed by atoms with Crippen LogP contribution in [0.1, 0.15) is 42.2 Å². The fourth-order valence-corrected chi connectivity index (χ4v) is 4.45. The summed E-state index contributed by atoms with van der Waals surface area (Å²) in [5.74, 6) is 0.143. The number of rotatable bonds is 5. The number of nitrogens with one attached hydrogen (secondary N) is 2. The molecular weight excluding hydrogens is 382 g/mol. The van der Waals surface area contributed by atoms with Crippen LogP contribution in [0.3, 0.4) is 0 Å². The third-order valence-electron chi connectivity index (χ3n) is 5.95. The van der Waals surface area contributed by atoms with Crippen LogP contribution in [0.2, 0.25) is 0 Å². The van der Waals surface area contributed by atoms with Gasteiger partial charge in [0.1, 0.15) is 17.2 Å². The lowest BCUT2D eigenvalue weighted by Crippen LogP contribution is -2.43. The molecule has 0 amide bonds. The Morgan fingerprint density at radius 2 is 1.93 bits per heavy atom. The predicted molar refractivity (Wildman–Crippen MR) is 115 cm³/mol. The second-order valence-electron chi connectivity index (χ2n) is 7.88. The Bertz CT molecular complexity index is 1050. The number of carbonyl (C=O) groups is 1. The zero-order valence-electron chi connectivity index (χ0n) is 16.7. The van der Waals surface area contributed by atoms with Gasteiger partial charge in [-0.05, 0) is 31.0 Å². The van der Waals surface area contributed by atoms with Gasteiger partial charge in [0.25, 0.3) is 0 Å². The summed E-state index contributed by atoms with van der Waals surface area (Å²) >= 11 is 0. The summed E-state index contributed by atoms with van der Waals surface area (Å²) in [5, 5.41) is 16.9. The molecule has 4 heterocycles. The van der Waals surface area contributed by atoms with E-state index in [0.717, 1.165) is 62.9 Å². The third-order valence-corrected chi connectivity index (χ3v) is 5.95. The molecule has 30 heavy (non-hydrogen) atoms. The van der Waals surface area contributed by atoms with Crippen LogP contribution in [0.25, 0.3) is 11.0 Å². The second-order valence-corrected chi connectivity index (χ2v) is 7.88. The molecule has 9 nitrogen and oxygen atoms in total. The molecule has 0 bridgehead atoms. The van der Waals surface area contributed by atoms with Gasteiger partial charge in [-0.15, -0.1) is 0 Å². The lowest BCUT2D eigenvalue weighted by atomic mass is 10.2. The Balaban J connectivity index is 1.42. The first-order valence-corrected chi connectivity index (χ1v) is 10.5. The highest BCUT2D eigenvalue weighted by molar-refractivity contribution is 5.93. The molecule has 0 radical (unpaired) electrons. The number of hydrogen-bond donors (Lipinski definition) is 3. The normalized spacial score (nSPS) is 17.5. The van der Waals surface area contributed by atoms with Crippen LogP contribution in [0, 0.1) is 0 Å². The number of aromatic nitrogens is 4. The van der Waals surface area contributed by atoms with E-state index in [4.69, 9.17) is 0 Å². The maximum Gasteiger partial charge on any atom is 0.352 e. The van der Waals surface area contributed by atoms with Crippen LogP contribution in [0.5, 0.6) is 0 Å². The number of piperazine rings is 1. The Labute approximate surface area is 174 Å². The van der Waals surface area contributed by atoms with Gasteiger partial charge >= 0.3 is 5.97 Å². The van der Waals surface area contributed by atoms with Gasteiger partial charge in [0.05, 0.1) is 11.9 Å². The number of carboxylic acid groups (broad SMARTS) is 1. The Hall–Kier alpha value is -3.20. The van der Waals surface area contributed by atoms with E-state index in [0.29, 0.717) is 17.4 Å². The van der Waals surface area contributed by atoms with Gasteiger partial charge in [0.2, 0.25) is 5.95 Å². The molecule has 2 fully saturated rings. The first-order chi connectivity index (χ1) is 14.7. The van der Waals surface area contributed by atoms with Crippen molar-refractivity contribution in [2.24, 2.45) is 0 Å². The average molecular weight is 407 g/mol. The van der Waals surface area contributed by atoms with Crippen molar-refractivity contribution in [2.45, 2.75) is 31.7 Å². The number of hydrogen-bond acceptors (Lipinski definition) is 7. The van der Waals surface area contributed by atoms with Crippen molar-refractivity contribution >= 4 is 34.5 Å². The standard InChI is InChI=1S/C21H25N7O2/c29-20(30)17-11-14-12-24-21(26-19(14)28(17)15-3-1-2-4-15)25-18-6-5-16(13-23-18)27-9-7-22-8-10-27/h5-6,11-13,15,22H,1-4,7-10H2,(H,29,30)(H,23,24,25,26). The maximum absolute atomic E-state index is 11.8. The SMILES string of the molecule is O=C(O)c1cc2cnc(Nc3ccc(N4CCNCC4)cn3)nc2n1C1CCCC1. The summed E-state index contributed by atoms with van der Waals surface area (Å²) in [6, 6.07) is 5.81. The van der Waals surface area contributed by atoms with Gasteiger partial charge in [-0.3, -0.25) is 0 Å². The van der Waals surface area contributed by atoms with Gasteiger partial charge in [-0.1, -0.05) is 12.8 Å². The summed E-state index contributed by atoms with van der Waals surface area (Å²) in [4.78, 5) is 27.6. The van der Waals surface area contributed by atoms with Crippen molar-refractivity contribution in [2.75, 3.05) is 36.4 Å². The summed E-state index contributed by atoms with van der Waals surface area (Å²) in [6.07, 6.45) is 7.72. The number of nitrogens with zero attached hydrogens (tertiary/aromatic N) is 5. The Morgan fingerprint density at radius 1 is 1.13 bits per heavy atom. The number of anilines is 3. The van der Waals surface area contributed by atoms with Crippen molar-refractivity contribution < 1.29 is 9.90 Å². The molecule has 1 aliphatic carbocycles. The number of aromatic carboxylic acids is 1. The first kappa shape index (κ1) is 18.8. The Kier molecular flexibility index (Phi) is 4.96. The van der Waals surface area contributed by atoms with Crippen LogP contribution in [0.4, 0.5) is 17.5 Å². The van der Waals surface area contributed by atoms with Crippen molar-refractivity contribution in [1.29, 1.82) is 0 Å². The highest BCUT2D eigenvalue weighted by atomic mass is 16.4. The molecule has 0 aromatic carbocycles. The second kappa shape index (κ2) is 7.91. The monoisotopic (exact) mass is 407 g/mol. The molecule has 3 N–H and O–H groups in total. The van der Waals surface area contributed by atoms with E-state index in [2.05, 4.69) is 30.5 Å². The first-order valence-electron chi connectivity index (χ1n) is 10.5. The predicted octanol–water partition coefficient (Wildman–Crippen LogP) is 2.79. The summed E-state index contributed by atoms with van der Waals surface area (Å²) in [6.45, 7) is 3.90. The van der Waals surface area contributed by atoms with Crippen LogP contribution < -0.4 is 15.5 Å². The molecule has 2 aliphatic rings. The van der Waals surface area contributed by atoms with E-state index < -0.39 is 5.97 Å². The fraction of sp³-hybridized carbons (Fsp3) is 0.429. The van der Waals surface area contributed by atoms with E-state index >= 15 is 0 Å². The summed E-state index contributed by atoms with van der Waals surface area (Å²) in [5.41, 5.74) is 2.04. The largest absolute Gasteiger partial charge is 0.477 e. The van der Waals surface area contributed by atoms with E-state index in [1.165, 1.54) is 0 Å².